The number of benzene rings is 2. The second-order valence-corrected chi connectivity index (χ2v) is 5.81. The summed E-state index contributed by atoms with van der Waals surface area (Å²) in [4.78, 5) is 4.72. The molecule has 0 aliphatic heterocycles. The Balaban J connectivity index is 1.47. The van der Waals surface area contributed by atoms with Gasteiger partial charge in [-0.15, -0.1) is 0 Å². The molecule has 3 rings (SSSR count). The fourth-order valence-electron chi connectivity index (χ4n) is 2.63. The van der Waals surface area contributed by atoms with Crippen LogP contribution in [0, 0.1) is 0 Å². The molecular weight excluding hydrogens is 331 g/mol. The third-order valence-electron chi connectivity index (χ3n) is 3.95. The van der Waals surface area contributed by atoms with E-state index in [1.54, 1.807) is 0 Å². The Hall–Kier alpha value is -2.50. The first-order chi connectivity index (χ1) is 12.9. The molecular formula is C21H23FN2O2. The zero-order chi connectivity index (χ0) is 18.0. The van der Waals surface area contributed by atoms with Gasteiger partial charge in [-0.1, -0.05) is 36.4 Å². The van der Waals surface area contributed by atoms with Gasteiger partial charge in [0.2, 0.25) is 0 Å². The lowest BCUT2D eigenvalue weighted by molar-refractivity contribution is 0.0464. The van der Waals surface area contributed by atoms with E-state index in [0.29, 0.717) is 26.4 Å². The maximum absolute atomic E-state index is 11.8. The van der Waals surface area contributed by atoms with E-state index < -0.39 is 6.67 Å². The zero-order valence-electron chi connectivity index (χ0n) is 14.7. The molecule has 4 nitrogen and oxygen atoms in total. The van der Waals surface area contributed by atoms with Crippen LogP contribution in [0.15, 0.2) is 60.7 Å². The summed E-state index contributed by atoms with van der Waals surface area (Å²) in [5.74, 6) is 0. The number of nitrogens with zero attached hydrogens (tertiary/aromatic N) is 1. The number of pyridine rings is 1. The average molecular weight is 354 g/mol. The van der Waals surface area contributed by atoms with Gasteiger partial charge in [0.25, 0.3) is 0 Å². The van der Waals surface area contributed by atoms with E-state index >= 15 is 0 Å². The lowest BCUT2D eigenvalue weighted by Gasteiger charge is -2.09. The SMILES string of the molecule is FCCOCCOCCNc1ccc(-c2ccc3ccccc3n2)cc1. The largest absolute Gasteiger partial charge is 0.383 e. The topological polar surface area (TPSA) is 43.4 Å². The molecule has 0 spiro atoms. The first kappa shape index (κ1) is 18.3. The number of nitrogens with one attached hydrogen (secondary N) is 1. The maximum Gasteiger partial charge on any atom is 0.113 e. The van der Waals surface area contributed by atoms with Gasteiger partial charge in [-0.3, -0.25) is 0 Å². The van der Waals surface area contributed by atoms with Crippen LogP contribution in [0.3, 0.4) is 0 Å². The molecule has 1 heterocycles. The number of alkyl halides is 1. The lowest BCUT2D eigenvalue weighted by Crippen LogP contribution is -2.13. The zero-order valence-corrected chi connectivity index (χ0v) is 14.7. The Kier molecular flexibility index (Phi) is 6.93. The highest BCUT2D eigenvalue weighted by Crippen LogP contribution is 2.22. The molecule has 2 aromatic carbocycles. The molecule has 0 aliphatic carbocycles. The van der Waals surface area contributed by atoms with Crippen LogP contribution in [0.2, 0.25) is 0 Å². The fraction of sp³-hybridized carbons (Fsp3) is 0.286. The van der Waals surface area contributed by atoms with Gasteiger partial charge in [-0.05, 0) is 24.3 Å². The summed E-state index contributed by atoms with van der Waals surface area (Å²) in [6.45, 7) is 1.88. The Morgan fingerprint density at radius 1 is 0.808 bits per heavy atom. The summed E-state index contributed by atoms with van der Waals surface area (Å²) >= 11 is 0. The number of rotatable bonds is 10. The van der Waals surface area contributed by atoms with E-state index in [-0.39, 0.29) is 6.61 Å². The van der Waals surface area contributed by atoms with Crippen LogP contribution in [-0.2, 0) is 9.47 Å². The Morgan fingerprint density at radius 3 is 2.38 bits per heavy atom. The molecule has 0 saturated heterocycles. The van der Waals surface area contributed by atoms with Gasteiger partial charge < -0.3 is 14.8 Å². The average Bonchev–Trinajstić information content (AvgIpc) is 2.70. The van der Waals surface area contributed by atoms with Gasteiger partial charge in [-0.2, -0.15) is 0 Å². The van der Waals surface area contributed by atoms with Crippen molar-refractivity contribution in [3.05, 3.63) is 60.7 Å². The van der Waals surface area contributed by atoms with Crippen molar-refractivity contribution in [2.45, 2.75) is 0 Å². The van der Waals surface area contributed by atoms with E-state index in [0.717, 1.165) is 27.8 Å². The standard InChI is InChI=1S/C21H23FN2O2/c22-11-13-25-15-16-26-14-12-23-19-8-5-18(6-9-19)21-10-7-17-3-1-2-4-20(17)24-21/h1-10,23H,11-16H2. The van der Waals surface area contributed by atoms with Gasteiger partial charge >= 0.3 is 0 Å². The highest BCUT2D eigenvalue weighted by Gasteiger charge is 2.01. The van der Waals surface area contributed by atoms with Gasteiger partial charge in [0.05, 0.1) is 37.6 Å². The predicted octanol–water partition coefficient (Wildman–Crippen LogP) is 4.32. The van der Waals surface area contributed by atoms with E-state index in [9.17, 15) is 4.39 Å². The Labute approximate surface area is 153 Å². The molecule has 26 heavy (non-hydrogen) atoms. The van der Waals surface area contributed by atoms with Crippen LogP contribution < -0.4 is 5.32 Å². The van der Waals surface area contributed by atoms with E-state index in [1.807, 2.05) is 36.4 Å². The number of aromatic nitrogens is 1. The molecule has 0 amide bonds. The molecule has 0 unspecified atom stereocenters. The summed E-state index contributed by atoms with van der Waals surface area (Å²) < 4.78 is 22.3. The third kappa shape index (κ3) is 5.25. The van der Waals surface area contributed by atoms with Crippen LogP contribution in [-0.4, -0.2) is 44.6 Å². The lowest BCUT2D eigenvalue weighted by atomic mass is 10.1. The van der Waals surface area contributed by atoms with Gasteiger partial charge in [0, 0.05) is 23.2 Å². The summed E-state index contributed by atoms with van der Waals surface area (Å²) in [6, 6.07) is 20.4. The summed E-state index contributed by atoms with van der Waals surface area (Å²) in [5.41, 5.74) is 4.08. The minimum Gasteiger partial charge on any atom is -0.383 e. The number of para-hydroxylation sites is 1. The van der Waals surface area contributed by atoms with Crippen molar-refractivity contribution in [2.75, 3.05) is 45.0 Å². The second-order valence-electron chi connectivity index (χ2n) is 5.81. The summed E-state index contributed by atoms with van der Waals surface area (Å²) in [6.07, 6.45) is 0. The maximum atomic E-state index is 11.8. The van der Waals surface area contributed by atoms with Gasteiger partial charge in [-0.25, -0.2) is 9.37 Å². The smallest absolute Gasteiger partial charge is 0.113 e. The van der Waals surface area contributed by atoms with Crippen LogP contribution >= 0.6 is 0 Å². The van der Waals surface area contributed by atoms with Crippen LogP contribution in [0.4, 0.5) is 10.1 Å². The normalized spacial score (nSPS) is 11.0. The minimum atomic E-state index is -0.452. The van der Waals surface area contributed by atoms with Crippen molar-refractivity contribution >= 4 is 16.6 Å². The first-order valence-corrected chi connectivity index (χ1v) is 8.78. The van der Waals surface area contributed by atoms with Gasteiger partial charge in [0.15, 0.2) is 0 Å². The molecule has 0 atom stereocenters. The highest BCUT2D eigenvalue weighted by atomic mass is 19.1. The summed E-state index contributed by atoms with van der Waals surface area (Å²) in [5, 5.41) is 4.45. The number of fused-ring (bicyclic) bond motifs is 1. The van der Waals surface area contributed by atoms with Gasteiger partial charge in [0.1, 0.15) is 6.67 Å². The number of anilines is 1. The van der Waals surface area contributed by atoms with Crippen LogP contribution in [0.5, 0.6) is 0 Å². The molecule has 3 aromatic rings. The van der Waals surface area contributed by atoms with Crippen molar-refractivity contribution in [2.24, 2.45) is 0 Å². The molecule has 1 aromatic heterocycles. The van der Waals surface area contributed by atoms with Crippen molar-refractivity contribution in [1.29, 1.82) is 0 Å². The predicted molar refractivity (Wildman–Crippen MR) is 103 cm³/mol. The van der Waals surface area contributed by atoms with E-state index in [4.69, 9.17) is 14.5 Å². The van der Waals surface area contributed by atoms with E-state index in [1.165, 1.54) is 0 Å². The molecule has 136 valence electrons. The highest BCUT2D eigenvalue weighted by molar-refractivity contribution is 5.81. The molecule has 0 saturated carbocycles. The monoisotopic (exact) mass is 354 g/mol. The number of halogens is 1. The van der Waals surface area contributed by atoms with Crippen molar-refractivity contribution in [3.8, 4) is 11.3 Å². The Morgan fingerprint density at radius 2 is 1.58 bits per heavy atom. The molecule has 0 radical (unpaired) electrons. The molecule has 0 fully saturated rings. The fourth-order valence-corrected chi connectivity index (χ4v) is 2.63. The van der Waals surface area contributed by atoms with Crippen molar-refractivity contribution < 1.29 is 13.9 Å². The first-order valence-electron chi connectivity index (χ1n) is 8.78. The van der Waals surface area contributed by atoms with Crippen molar-refractivity contribution in [3.63, 3.8) is 0 Å². The number of hydrogen-bond acceptors (Lipinski definition) is 4. The molecule has 0 bridgehead atoms. The number of ether oxygens (including phenoxy) is 2. The molecule has 5 heteroatoms. The second kappa shape index (κ2) is 9.85. The molecule has 0 aliphatic rings. The Bertz CT molecular complexity index is 808. The minimum absolute atomic E-state index is 0.139. The summed E-state index contributed by atoms with van der Waals surface area (Å²) in [7, 11) is 0. The van der Waals surface area contributed by atoms with E-state index in [2.05, 4.69) is 29.6 Å². The molecule has 1 N–H and O–H groups in total. The van der Waals surface area contributed by atoms with Crippen molar-refractivity contribution in [1.82, 2.24) is 4.98 Å². The van der Waals surface area contributed by atoms with Crippen LogP contribution in [0.1, 0.15) is 0 Å². The third-order valence-corrected chi connectivity index (χ3v) is 3.95. The quantitative estimate of drug-likeness (QED) is 0.551. The number of hydrogen-bond donors (Lipinski definition) is 1. The van der Waals surface area contributed by atoms with Crippen LogP contribution in [0.25, 0.3) is 22.2 Å².